The van der Waals surface area contributed by atoms with Crippen LogP contribution in [0, 0.1) is 5.82 Å². The predicted molar refractivity (Wildman–Crippen MR) is 64.2 cm³/mol. The molecule has 0 unspecified atom stereocenters. The minimum Gasteiger partial charge on any atom is -0.384 e. The van der Waals surface area contributed by atoms with Gasteiger partial charge in [0.05, 0.1) is 11.2 Å². The molecule has 90 valence electrons. The molecule has 0 bridgehead atoms. The zero-order valence-electron chi connectivity index (χ0n) is 9.11. The van der Waals surface area contributed by atoms with Crippen molar-refractivity contribution in [2.75, 3.05) is 11.1 Å². The Kier molecular flexibility index (Phi) is 3.14. The van der Waals surface area contributed by atoms with E-state index in [4.69, 9.17) is 17.3 Å². The number of nitrogen functional groups attached to an aromatic ring is 1. The van der Waals surface area contributed by atoms with E-state index in [1.54, 1.807) is 17.9 Å². The molecule has 0 radical (unpaired) electrons. The van der Waals surface area contributed by atoms with Gasteiger partial charge in [-0.05, 0) is 6.07 Å². The molecule has 0 aliphatic rings. The van der Waals surface area contributed by atoms with Crippen LogP contribution >= 0.6 is 11.6 Å². The van der Waals surface area contributed by atoms with Crippen molar-refractivity contribution in [2.45, 2.75) is 6.54 Å². The molecule has 2 rings (SSSR count). The lowest BCUT2D eigenvalue weighted by molar-refractivity contribution is 0.624. The first kappa shape index (κ1) is 11.7. The van der Waals surface area contributed by atoms with E-state index in [2.05, 4.69) is 15.4 Å². The number of aromatic nitrogens is 3. The summed E-state index contributed by atoms with van der Waals surface area (Å²) in [6.45, 7) is 0.352. The lowest BCUT2D eigenvalue weighted by atomic mass is 10.3. The Bertz CT molecular complexity index is 539. The van der Waals surface area contributed by atoms with Gasteiger partial charge in [-0.1, -0.05) is 11.6 Å². The Balaban J connectivity index is 2.10. The van der Waals surface area contributed by atoms with E-state index in [0.29, 0.717) is 12.4 Å². The third kappa shape index (κ3) is 2.47. The Hall–Kier alpha value is -1.82. The predicted octanol–water partition coefficient (Wildman–Crippen LogP) is 1.80. The Labute approximate surface area is 102 Å². The Morgan fingerprint density at radius 2 is 2.29 bits per heavy atom. The van der Waals surface area contributed by atoms with Gasteiger partial charge in [0.15, 0.2) is 11.6 Å². The molecule has 0 saturated heterocycles. The molecule has 2 heterocycles. The summed E-state index contributed by atoms with van der Waals surface area (Å²) in [5.41, 5.74) is 6.54. The molecule has 0 aliphatic heterocycles. The second kappa shape index (κ2) is 4.58. The van der Waals surface area contributed by atoms with Gasteiger partial charge in [0.1, 0.15) is 5.82 Å². The highest BCUT2D eigenvalue weighted by Crippen LogP contribution is 2.17. The summed E-state index contributed by atoms with van der Waals surface area (Å²) in [5, 5.41) is 7.07. The smallest absolute Gasteiger partial charge is 0.166 e. The van der Waals surface area contributed by atoms with E-state index in [1.807, 2.05) is 0 Å². The number of pyridine rings is 1. The van der Waals surface area contributed by atoms with E-state index >= 15 is 0 Å². The largest absolute Gasteiger partial charge is 0.384 e. The standard InChI is InChI=1S/C10H11ClFN5/c1-17-9(13)6(4-16-17)3-14-10-8(12)2-7(11)5-15-10/h2,4-5H,3,13H2,1H3,(H,14,15). The maximum atomic E-state index is 13.4. The lowest BCUT2D eigenvalue weighted by Gasteiger charge is -2.06. The molecule has 0 aromatic carbocycles. The van der Waals surface area contributed by atoms with Crippen molar-refractivity contribution in [2.24, 2.45) is 7.05 Å². The topological polar surface area (TPSA) is 68.8 Å². The highest BCUT2D eigenvalue weighted by molar-refractivity contribution is 6.30. The molecule has 0 saturated carbocycles. The number of anilines is 2. The van der Waals surface area contributed by atoms with Crippen LogP contribution in [0.25, 0.3) is 0 Å². The van der Waals surface area contributed by atoms with Crippen LogP contribution in [0.15, 0.2) is 18.5 Å². The molecule has 2 aromatic heterocycles. The van der Waals surface area contributed by atoms with Gasteiger partial charge in [-0.15, -0.1) is 0 Å². The quantitative estimate of drug-likeness (QED) is 0.878. The average Bonchev–Trinajstić information content (AvgIpc) is 2.59. The van der Waals surface area contributed by atoms with E-state index < -0.39 is 5.82 Å². The first-order valence-electron chi connectivity index (χ1n) is 4.89. The maximum absolute atomic E-state index is 13.4. The minimum atomic E-state index is -0.500. The van der Waals surface area contributed by atoms with Gasteiger partial charge >= 0.3 is 0 Å². The first-order valence-corrected chi connectivity index (χ1v) is 5.27. The number of nitrogens with one attached hydrogen (secondary N) is 1. The van der Waals surface area contributed by atoms with Gasteiger partial charge in [0, 0.05) is 25.4 Å². The van der Waals surface area contributed by atoms with Gasteiger partial charge in [-0.2, -0.15) is 5.10 Å². The van der Waals surface area contributed by atoms with Crippen LogP contribution in [0.2, 0.25) is 5.02 Å². The highest BCUT2D eigenvalue weighted by atomic mass is 35.5. The van der Waals surface area contributed by atoms with Crippen molar-refractivity contribution < 1.29 is 4.39 Å². The van der Waals surface area contributed by atoms with Crippen LogP contribution in [0.5, 0.6) is 0 Å². The summed E-state index contributed by atoms with van der Waals surface area (Å²) >= 11 is 5.60. The Morgan fingerprint density at radius 1 is 1.53 bits per heavy atom. The van der Waals surface area contributed by atoms with Gasteiger partial charge < -0.3 is 11.1 Å². The second-order valence-corrected chi connectivity index (χ2v) is 3.95. The molecular formula is C10H11ClFN5. The maximum Gasteiger partial charge on any atom is 0.166 e. The molecule has 2 aromatic rings. The van der Waals surface area contributed by atoms with Crippen LogP contribution in [0.4, 0.5) is 16.0 Å². The summed E-state index contributed by atoms with van der Waals surface area (Å²) in [7, 11) is 1.74. The molecule has 3 N–H and O–H groups in total. The highest BCUT2D eigenvalue weighted by Gasteiger charge is 2.07. The van der Waals surface area contributed by atoms with Crippen molar-refractivity contribution in [3.63, 3.8) is 0 Å². The van der Waals surface area contributed by atoms with Gasteiger partial charge in [-0.3, -0.25) is 4.68 Å². The number of rotatable bonds is 3. The number of hydrogen-bond acceptors (Lipinski definition) is 4. The van der Waals surface area contributed by atoms with E-state index in [0.717, 1.165) is 5.56 Å². The zero-order valence-corrected chi connectivity index (χ0v) is 9.87. The van der Waals surface area contributed by atoms with Crippen molar-refractivity contribution >= 4 is 23.2 Å². The number of hydrogen-bond donors (Lipinski definition) is 2. The van der Waals surface area contributed by atoms with Gasteiger partial charge in [0.2, 0.25) is 0 Å². The zero-order chi connectivity index (χ0) is 12.4. The van der Waals surface area contributed by atoms with Crippen molar-refractivity contribution in [1.29, 1.82) is 0 Å². The van der Waals surface area contributed by atoms with Crippen LogP contribution < -0.4 is 11.1 Å². The molecule has 0 atom stereocenters. The number of halogens is 2. The van der Waals surface area contributed by atoms with Gasteiger partial charge in [0.25, 0.3) is 0 Å². The summed E-state index contributed by atoms with van der Waals surface area (Å²) in [6, 6.07) is 1.20. The summed E-state index contributed by atoms with van der Waals surface area (Å²) in [5.74, 6) is 0.171. The normalized spacial score (nSPS) is 10.5. The average molecular weight is 256 g/mol. The molecule has 0 aliphatic carbocycles. The van der Waals surface area contributed by atoms with Crippen molar-refractivity contribution in [1.82, 2.24) is 14.8 Å². The molecule has 5 nitrogen and oxygen atoms in total. The third-order valence-corrected chi connectivity index (χ3v) is 2.53. The van der Waals surface area contributed by atoms with Crippen LogP contribution in [-0.4, -0.2) is 14.8 Å². The lowest BCUT2D eigenvalue weighted by Crippen LogP contribution is -2.06. The van der Waals surface area contributed by atoms with E-state index in [1.165, 1.54) is 12.3 Å². The fraction of sp³-hybridized carbons (Fsp3) is 0.200. The van der Waals surface area contributed by atoms with Crippen molar-refractivity contribution in [3.05, 3.63) is 34.9 Å². The second-order valence-electron chi connectivity index (χ2n) is 3.52. The Morgan fingerprint density at radius 3 is 2.88 bits per heavy atom. The number of nitrogens with two attached hydrogens (primary N) is 1. The van der Waals surface area contributed by atoms with Crippen LogP contribution in [0.1, 0.15) is 5.56 Å². The number of aryl methyl sites for hydroxylation is 1. The summed E-state index contributed by atoms with van der Waals surface area (Å²) < 4.78 is 14.9. The molecule has 7 heteroatoms. The molecule has 0 spiro atoms. The fourth-order valence-electron chi connectivity index (χ4n) is 1.35. The van der Waals surface area contributed by atoms with E-state index in [9.17, 15) is 4.39 Å². The minimum absolute atomic E-state index is 0.137. The number of nitrogens with zero attached hydrogens (tertiary/aromatic N) is 3. The van der Waals surface area contributed by atoms with Crippen molar-refractivity contribution in [3.8, 4) is 0 Å². The van der Waals surface area contributed by atoms with Gasteiger partial charge in [-0.25, -0.2) is 9.37 Å². The first-order chi connectivity index (χ1) is 8.08. The summed E-state index contributed by atoms with van der Waals surface area (Å²) in [4.78, 5) is 3.84. The SMILES string of the molecule is Cn1ncc(CNc2ncc(Cl)cc2F)c1N. The molecule has 17 heavy (non-hydrogen) atoms. The third-order valence-electron chi connectivity index (χ3n) is 2.32. The van der Waals surface area contributed by atoms with Crippen LogP contribution in [-0.2, 0) is 13.6 Å². The molecular weight excluding hydrogens is 245 g/mol. The molecule has 0 amide bonds. The fourth-order valence-corrected chi connectivity index (χ4v) is 1.50. The monoisotopic (exact) mass is 255 g/mol. The van der Waals surface area contributed by atoms with E-state index in [-0.39, 0.29) is 10.8 Å². The summed E-state index contributed by atoms with van der Waals surface area (Å²) in [6.07, 6.45) is 3.00. The van der Waals surface area contributed by atoms with Crippen LogP contribution in [0.3, 0.4) is 0 Å². The molecule has 0 fully saturated rings.